The van der Waals surface area contributed by atoms with Crippen LogP contribution in [0.4, 0.5) is 0 Å². The molecule has 1 aliphatic rings. The molecule has 1 aliphatic heterocycles. The molecule has 0 saturated carbocycles. The van der Waals surface area contributed by atoms with Crippen molar-refractivity contribution in [2.75, 3.05) is 0 Å². The fraction of sp³-hybridized carbons (Fsp3) is 0.333. The van der Waals surface area contributed by atoms with E-state index in [-0.39, 0.29) is 11.9 Å². The molecule has 1 atom stereocenters. The highest BCUT2D eigenvalue weighted by Crippen LogP contribution is 2.22. The van der Waals surface area contributed by atoms with Crippen molar-refractivity contribution in [1.82, 2.24) is 25.1 Å². The smallest absolute Gasteiger partial charge is 0.224 e. The van der Waals surface area contributed by atoms with Crippen LogP contribution in [0.25, 0.3) is 11.4 Å². The molecule has 0 spiro atoms. The number of rotatable bonds is 4. The van der Waals surface area contributed by atoms with Gasteiger partial charge in [-0.3, -0.25) is 9.78 Å². The van der Waals surface area contributed by atoms with E-state index in [0.717, 1.165) is 48.6 Å². The number of hydrogen-bond acceptors (Lipinski definition) is 5. The monoisotopic (exact) mass is 353 g/mol. The van der Waals surface area contributed by atoms with Crippen LogP contribution in [0.2, 0.25) is 0 Å². The van der Waals surface area contributed by atoms with Crippen LogP contribution in [0, 0.1) is 0 Å². The third-order valence-corrected chi connectivity index (χ3v) is 5.23. The third-order valence-electron chi connectivity index (χ3n) is 4.49. The molecule has 1 amide bonds. The Morgan fingerprint density at radius 1 is 1.24 bits per heavy atom. The molecule has 0 saturated heterocycles. The predicted octanol–water partition coefficient (Wildman–Crippen LogP) is 2.47. The summed E-state index contributed by atoms with van der Waals surface area (Å²) in [5.74, 6) is 1.96. The van der Waals surface area contributed by atoms with E-state index in [1.54, 1.807) is 23.7 Å². The summed E-state index contributed by atoms with van der Waals surface area (Å²) in [5.41, 5.74) is 2.10. The van der Waals surface area contributed by atoms with Crippen molar-refractivity contribution < 1.29 is 4.79 Å². The first-order valence-corrected chi connectivity index (χ1v) is 9.37. The number of fused-ring (bicyclic) bond motifs is 1. The normalized spacial score (nSPS) is 16.9. The Balaban J connectivity index is 1.42. The lowest BCUT2D eigenvalue weighted by molar-refractivity contribution is -0.121. The number of carbonyl (C=O) groups is 1. The Kier molecular flexibility index (Phi) is 4.56. The van der Waals surface area contributed by atoms with Crippen molar-refractivity contribution in [3.05, 3.63) is 52.7 Å². The van der Waals surface area contributed by atoms with Gasteiger partial charge in [0.05, 0.1) is 6.42 Å². The van der Waals surface area contributed by atoms with Crippen molar-refractivity contribution in [2.45, 2.75) is 38.3 Å². The molecule has 0 aromatic carbocycles. The number of amides is 1. The van der Waals surface area contributed by atoms with E-state index >= 15 is 0 Å². The van der Waals surface area contributed by atoms with Gasteiger partial charge in [0.2, 0.25) is 5.91 Å². The largest absolute Gasteiger partial charge is 0.353 e. The fourth-order valence-corrected chi connectivity index (χ4v) is 3.87. The van der Waals surface area contributed by atoms with Gasteiger partial charge in [-0.2, -0.15) is 11.3 Å². The first-order valence-electron chi connectivity index (χ1n) is 8.42. The second kappa shape index (κ2) is 7.14. The lowest BCUT2D eigenvalue weighted by Gasteiger charge is -2.16. The molecule has 128 valence electrons. The molecule has 3 aromatic rings. The van der Waals surface area contributed by atoms with Gasteiger partial charge >= 0.3 is 0 Å². The highest BCUT2D eigenvalue weighted by Gasteiger charge is 2.22. The summed E-state index contributed by atoms with van der Waals surface area (Å²) in [4.78, 5) is 16.3. The third kappa shape index (κ3) is 3.61. The number of nitrogens with one attached hydrogen (secondary N) is 1. The van der Waals surface area contributed by atoms with Crippen molar-refractivity contribution >= 4 is 17.2 Å². The molecule has 25 heavy (non-hydrogen) atoms. The summed E-state index contributed by atoms with van der Waals surface area (Å²) in [5, 5.41) is 15.9. The van der Waals surface area contributed by atoms with E-state index < -0.39 is 0 Å². The fourth-order valence-electron chi connectivity index (χ4n) is 3.20. The van der Waals surface area contributed by atoms with Crippen LogP contribution < -0.4 is 5.32 Å². The van der Waals surface area contributed by atoms with Crippen LogP contribution in [0.5, 0.6) is 0 Å². The summed E-state index contributed by atoms with van der Waals surface area (Å²) in [7, 11) is 0. The van der Waals surface area contributed by atoms with E-state index in [1.807, 2.05) is 29.0 Å². The van der Waals surface area contributed by atoms with Crippen LogP contribution >= 0.6 is 11.3 Å². The van der Waals surface area contributed by atoms with Crippen molar-refractivity contribution in [3.8, 4) is 11.4 Å². The number of nitrogens with zero attached hydrogens (tertiary/aromatic N) is 4. The van der Waals surface area contributed by atoms with E-state index in [4.69, 9.17) is 0 Å². The Hall–Kier alpha value is -2.54. The molecule has 0 bridgehead atoms. The molecule has 4 heterocycles. The first-order chi connectivity index (χ1) is 12.3. The molecule has 1 unspecified atom stereocenters. The van der Waals surface area contributed by atoms with E-state index in [1.165, 1.54) is 0 Å². The van der Waals surface area contributed by atoms with E-state index in [2.05, 4.69) is 25.1 Å². The zero-order valence-corrected chi connectivity index (χ0v) is 14.6. The number of hydrogen-bond donors (Lipinski definition) is 1. The maximum Gasteiger partial charge on any atom is 0.224 e. The van der Waals surface area contributed by atoms with Crippen molar-refractivity contribution in [1.29, 1.82) is 0 Å². The van der Waals surface area contributed by atoms with E-state index in [0.29, 0.717) is 6.42 Å². The Labute approximate surface area is 149 Å². The number of thiophene rings is 1. The summed E-state index contributed by atoms with van der Waals surface area (Å²) < 4.78 is 2.17. The first kappa shape index (κ1) is 16.0. The molecule has 6 nitrogen and oxygen atoms in total. The summed E-state index contributed by atoms with van der Waals surface area (Å²) >= 11 is 1.62. The minimum Gasteiger partial charge on any atom is -0.353 e. The predicted molar refractivity (Wildman–Crippen MR) is 96.1 cm³/mol. The summed E-state index contributed by atoms with van der Waals surface area (Å²) in [6.45, 7) is 0.809. The average molecular weight is 353 g/mol. The molecule has 0 aliphatic carbocycles. The second-order valence-electron chi connectivity index (χ2n) is 6.23. The highest BCUT2D eigenvalue weighted by molar-refractivity contribution is 7.08. The zero-order chi connectivity index (χ0) is 17.1. The number of pyridine rings is 1. The Morgan fingerprint density at radius 2 is 2.12 bits per heavy atom. The standard InChI is InChI=1S/C18H19N5OS/c24-17(11-13-6-10-25-12-13)20-15-1-2-16-21-22-18(23(16)9-5-15)14-3-7-19-8-4-14/h3-4,6-8,10,12,15H,1-2,5,9,11H2,(H,20,24). The maximum absolute atomic E-state index is 12.2. The average Bonchev–Trinajstić information content (AvgIpc) is 3.23. The lowest BCUT2D eigenvalue weighted by Crippen LogP contribution is -2.36. The second-order valence-corrected chi connectivity index (χ2v) is 7.01. The van der Waals surface area contributed by atoms with Gasteiger partial charge in [0.1, 0.15) is 5.82 Å². The van der Waals surface area contributed by atoms with Gasteiger partial charge in [0, 0.05) is 37.0 Å². The number of aromatic nitrogens is 4. The van der Waals surface area contributed by atoms with Crippen LogP contribution in [-0.2, 0) is 24.2 Å². The van der Waals surface area contributed by atoms with Gasteiger partial charge in [-0.25, -0.2) is 0 Å². The molecule has 3 aromatic heterocycles. The summed E-state index contributed by atoms with van der Waals surface area (Å²) in [6, 6.07) is 6.07. The molecule has 0 radical (unpaired) electrons. The molecular weight excluding hydrogens is 334 g/mol. The van der Waals surface area contributed by atoms with Gasteiger partial charge < -0.3 is 9.88 Å². The quantitative estimate of drug-likeness (QED) is 0.782. The van der Waals surface area contributed by atoms with Crippen LogP contribution in [0.15, 0.2) is 41.4 Å². The zero-order valence-electron chi connectivity index (χ0n) is 13.8. The van der Waals surface area contributed by atoms with Gasteiger partial charge in [-0.1, -0.05) is 0 Å². The van der Waals surface area contributed by atoms with Crippen LogP contribution in [-0.4, -0.2) is 31.7 Å². The number of carbonyl (C=O) groups excluding carboxylic acids is 1. The van der Waals surface area contributed by atoms with Gasteiger partial charge in [0.15, 0.2) is 5.82 Å². The van der Waals surface area contributed by atoms with E-state index in [9.17, 15) is 4.79 Å². The van der Waals surface area contributed by atoms with Crippen LogP contribution in [0.3, 0.4) is 0 Å². The Morgan fingerprint density at radius 3 is 2.92 bits per heavy atom. The Bertz CT molecular complexity index is 844. The van der Waals surface area contributed by atoms with Crippen molar-refractivity contribution in [2.24, 2.45) is 0 Å². The maximum atomic E-state index is 12.2. The van der Waals surface area contributed by atoms with Gasteiger partial charge in [0.25, 0.3) is 0 Å². The van der Waals surface area contributed by atoms with Gasteiger partial charge in [-0.05, 0) is 47.4 Å². The molecule has 4 rings (SSSR count). The molecule has 0 fully saturated rings. The minimum atomic E-state index is 0.0930. The molecule has 1 N–H and O–H groups in total. The molecule has 7 heteroatoms. The van der Waals surface area contributed by atoms with Gasteiger partial charge in [-0.15, -0.1) is 10.2 Å². The molecular formula is C18H19N5OS. The minimum absolute atomic E-state index is 0.0930. The topological polar surface area (TPSA) is 72.7 Å². The van der Waals surface area contributed by atoms with Crippen LogP contribution in [0.1, 0.15) is 24.2 Å². The highest BCUT2D eigenvalue weighted by atomic mass is 32.1. The number of aryl methyl sites for hydroxylation is 1. The SMILES string of the molecule is O=C(Cc1ccsc1)NC1CCc2nnc(-c3ccncc3)n2CC1. The summed E-state index contributed by atoms with van der Waals surface area (Å²) in [6.07, 6.45) is 6.58. The lowest BCUT2D eigenvalue weighted by atomic mass is 10.1. The van der Waals surface area contributed by atoms with Crippen molar-refractivity contribution in [3.63, 3.8) is 0 Å².